The van der Waals surface area contributed by atoms with Gasteiger partial charge in [0.1, 0.15) is 0 Å². The molecule has 0 saturated heterocycles. The fraction of sp³-hybridized carbons (Fsp3) is 0.222. The number of hydrogen-bond donors (Lipinski definition) is 0. The Kier molecular flexibility index (Phi) is 3.10. The molecule has 14 heavy (non-hydrogen) atoms. The van der Waals surface area contributed by atoms with Gasteiger partial charge in [-0.1, -0.05) is 6.07 Å². The third kappa shape index (κ3) is 2.30. The first kappa shape index (κ1) is 9.61. The van der Waals surface area contributed by atoms with Crippen molar-refractivity contribution in [3.05, 3.63) is 36.0 Å². The van der Waals surface area contributed by atoms with Crippen LogP contribution in [-0.2, 0) is 17.3 Å². The van der Waals surface area contributed by atoms with Crippen LogP contribution in [0.15, 0.2) is 40.2 Å². The van der Waals surface area contributed by atoms with E-state index in [2.05, 4.69) is 5.10 Å². The molecule has 0 fully saturated rings. The zero-order valence-corrected chi connectivity index (χ0v) is 9.13. The minimum Gasteiger partial charge on any atom is -0.272 e. The summed E-state index contributed by atoms with van der Waals surface area (Å²) in [6.07, 6.45) is 3.61. The van der Waals surface area contributed by atoms with Crippen molar-refractivity contribution >= 4 is 22.1 Å². The molecule has 74 valence electrons. The van der Waals surface area contributed by atoms with Gasteiger partial charge in [0, 0.05) is 18.1 Å². The van der Waals surface area contributed by atoms with Crippen LogP contribution in [0.25, 0.3) is 0 Å². The van der Waals surface area contributed by atoms with Crippen LogP contribution < -0.4 is 0 Å². The Balaban J connectivity index is 1.90. The van der Waals surface area contributed by atoms with Crippen molar-refractivity contribution in [2.24, 2.45) is 0 Å². The molecule has 0 aromatic carbocycles. The number of aryl methyl sites for hydroxylation is 1. The van der Waals surface area contributed by atoms with Gasteiger partial charge in [-0.05, 0) is 17.5 Å². The number of rotatable bonds is 4. The lowest BCUT2D eigenvalue weighted by Gasteiger charge is -1.99. The molecule has 0 unspecified atom stereocenters. The summed E-state index contributed by atoms with van der Waals surface area (Å²) < 4.78 is 14.4. The second-order valence-electron chi connectivity index (χ2n) is 2.75. The van der Waals surface area contributed by atoms with E-state index in [1.54, 1.807) is 10.9 Å². The van der Waals surface area contributed by atoms with Gasteiger partial charge in [0.05, 0.1) is 21.6 Å². The molecule has 2 rings (SSSR count). The van der Waals surface area contributed by atoms with Crippen molar-refractivity contribution in [1.29, 1.82) is 0 Å². The number of aromatic nitrogens is 2. The lowest BCUT2D eigenvalue weighted by atomic mass is 10.7. The van der Waals surface area contributed by atoms with Crippen LogP contribution >= 0.6 is 11.3 Å². The smallest absolute Gasteiger partial charge is 0.0911 e. The summed E-state index contributed by atoms with van der Waals surface area (Å²) in [5.41, 5.74) is 0. The number of nitrogens with zero attached hydrogens (tertiary/aromatic N) is 2. The normalized spacial score (nSPS) is 12.9. The minimum absolute atomic E-state index is 0.627. The van der Waals surface area contributed by atoms with Crippen LogP contribution in [0.1, 0.15) is 0 Å². The van der Waals surface area contributed by atoms with Gasteiger partial charge >= 0.3 is 0 Å². The molecule has 0 amide bonds. The Bertz CT molecular complexity index is 394. The first-order valence-corrected chi connectivity index (χ1v) is 6.45. The van der Waals surface area contributed by atoms with Crippen molar-refractivity contribution < 1.29 is 4.21 Å². The van der Waals surface area contributed by atoms with Gasteiger partial charge in [-0.15, -0.1) is 11.3 Å². The van der Waals surface area contributed by atoms with Crippen molar-refractivity contribution in [3.8, 4) is 0 Å². The van der Waals surface area contributed by atoms with E-state index in [4.69, 9.17) is 0 Å². The van der Waals surface area contributed by atoms with Crippen LogP contribution in [-0.4, -0.2) is 19.7 Å². The molecule has 1 atom stereocenters. The first-order valence-electron chi connectivity index (χ1n) is 4.25. The summed E-state index contributed by atoms with van der Waals surface area (Å²) in [7, 11) is -0.879. The highest BCUT2D eigenvalue weighted by molar-refractivity contribution is 7.87. The summed E-state index contributed by atoms with van der Waals surface area (Å²) in [5.74, 6) is 0.627. The maximum atomic E-state index is 11.7. The molecular weight excluding hydrogens is 216 g/mol. The minimum atomic E-state index is -0.879. The average molecular weight is 226 g/mol. The van der Waals surface area contributed by atoms with Gasteiger partial charge in [-0.3, -0.25) is 8.89 Å². The van der Waals surface area contributed by atoms with Crippen molar-refractivity contribution in [1.82, 2.24) is 9.78 Å². The Morgan fingerprint density at radius 3 is 3.07 bits per heavy atom. The summed E-state index contributed by atoms with van der Waals surface area (Å²) in [4.78, 5) is 0. The highest BCUT2D eigenvalue weighted by atomic mass is 32.2. The summed E-state index contributed by atoms with van der Waals surface area (Å²) in [6.45, 7) is 0.706. The predicted molar refractivity (Wildman–Crippen MR) is 57.8 cm³/mol. The molecule has 0 N–H and O–H groups in total. The van der Waals surface area contributed by atoms with E-state index in [1.165, 1.54) is 11.3 Å². The summed E-state index contributed by atoms with van der Waals surface area (Å²) in [5, 5.41) is 6.00. The lowest BCUT2D eigenvalue weighted by Crippen LogP contribution is -2.07. The van der Waals surface area contributed by atoms with E-state index in [0.29, 0.717) is 12.3 Å². The highest BCUT2D eigenvalue weighted by Gasteiger charge is 2.04. The Labute approximate surface area is 88.8 Å². The molecule has 0 aliphatic rings. The van der Waals surface area contributed by atoms with Gasteiger partial charge in [-0.2, -0.15) is 5.10 Å². The van der Waals surface area contributed by atoms with E-state index in [9.17, 15) is 4.21 Å². The van der Waals surface area contributed by atoms with Crippen molar-refractivity contribution in [2.75, 3.05) is 5.75 Å². The molecule has 0 aliphatic carbocycles. The predicted octanol–water partition coefficient (Wildman–Crippen LogP) is 1.75. The van der Waals surface area contributed by atoms with Crippen LogP contribution in [0.3, 0.4) is 0 Å². The van der Waals surface area contributed by atoms with E-state index in [0.717, 1.165) is 4.21 Å². The Morgan fingerprint density at radius 1 is 1.50 bits per heavy atom. The molecule has 0 spiro atoms. The quantitative estimate of drug-likeness (QED) is 0.796. The van der Waals surface area contributed by atoms with E-state index in [1.807, 2.05) is 29.8 Å². The molecule has 2 aromatic heterocycles. The fourth-order valence-corrected chi connectivity index (χ4v) is 3.18. The summed E-state index contributed by atoms with van der Waals surface area (Å²) in [6, 6.07) is 5.70. The van der Waals surface area contributed by atoms with Gasteiger partial charge in [-0.25, -0.2) is 0 Å². The Hall–Kier alpha value is -0.940. The van der Waals surface area contributed by atoms with E-state index < -0.39 is 10.8 Å². The van der Waals surface area contributed by atoms with E-state index in [-0.39, 0.29) is 0 Å². The average Bonchev–Trinajstić information content (AvgIpc) is 2.87. The zero-order valence-electron chi connectivity index (χ0n) is 7.50. The second-order valence-corrected chi connectivity index (χ2v) is 5.50. The molecule has 0 radical (unpaired) electrons. The molecule has 0 aliphatic heterocycles. The third-order valence-corrected chi connectivity index (χ3v) is 4.43. The first-order chi connectivity index (χ1) is 6.86. The van der Waals surface area contributed by atoms with Crippen molar-refractivity contribution in [2.45, 2.75) is 10.8 Å². The number of thiophene rings is 1. The lowest BCUT2D eigenvalue weighted by molar-refractivity contribution is 0.645. The maximum absolute atomic E-state index is 11.7. The van der Waals surface area contributed by atoms with Gasteiger partial charge in [0.25, 0.3) is 0 Å². The number of hydrogen-bond acceptors (Lipinski definition) is 3. The summed E-state index contributed by atoms with van der Waals surface area (Å²) >= 11 is 1.54. The van der Waals surface area contributed by atoms with Crippen LogP contribution in [0, 0.1) is 0 Å². The molecule has 2 aromatic rings. The SMILES string of the molecule is O=[S@](CCn1cccn1)c1cccs1. The molecule has 0 bridgehead atoms. The topological polar surface area (TPSA) is 34.9 Å². The van der Waals surface area contributed by atoms with Gasteiger partial charge in [0.2, 0.25) is 0 Å². The Morgan fingerprint density at radius 2 is 2.43 bits per heavy atom. The standard InChI is InChI=1S/C9H10N2OS2/c12-14(9-3-1-7-13-9)8-6-11-5-2-4-10-11/h1-5,7H,6,8H2/t14-/m1/s1. The molecule has 5 heteroatoms. The molecule has 0 saturated carbocycles. The monoisotopic (exact) mass is 226 g/mol. The highest BCUT2D eigenvalue weighted by Crippen LogP contribution is 2.13. The van der Waals surface area contributed by atoms with E-state index >= 15 is 0 Å². The van der Waals surface area contributed by atoms with Crippen LogP contribution in [0.2, 0.25) is 0 Å². The zero-order chi connectivity index (χ0) is 9.80. The molecular formula is C9H10N2OS2. The molecule has 2 heterocycles. The van der Waals surface area contributed by atoms with Crippen molar-refractivity contribution in [3.63, 3.8) is 0 Å². The van der Waals surface area contributed by atoms with Crippen LogP contribution in [0.5, 0.6) is 0 Å². The third-order valence-electron chi connectivity index (χ3n) is 1.78. The van der Waals surface area contributed by atoms with Gasteiger partial charge in [0.15, 0.2) is 0 Å². The maximum Gasteiger partial charge on any atom is 0.0911 e. The largest absolute Gasteiger partial charge is 0.272 e. The van der Waals surface area contributed by atoms with Gasteiger partial charge < -0.3 is 0 Å². The molecule has 3 nitrogen and oxygen atoms in total. The fourth-order valence-electron chi connectivity index (χ4n) is 1.10. The van der Waals surface area contributed by atoms with Crippen LogP contribution in [0.4, 0.5) is 0 Å². The second kappa shape index (κ2) is 4.52.